The highest BCUT2D eigenvalue weighted by molar-refractivity contribution is 5.38. The summed E-state index contributed by atoms with van der Waals surface area (Å²) in [4.78, 5) is 0. The molecule has 0 heterocycles. The third kappa shape index (κ3) is 4.08. The average molecular weight is 283 g/mol. The van der Waals surface area contributed by atoms with Crippen LogP contribution < -0.4 is 10.5 Å². The Morgan fingerprint density at radius 2 is 1.76 bits per heavy atom. The zero-order chi connectivity index (χ0) is 15.4. The van der Waals surface area contributed by atoms with Crippen molar-refractivity contribution >= 4 is 0 Å². The van der Waals surface area contributed by atoms with Crippen molar-refractivity contribution in [2.24, 2.45) is 5.73 Å². The van der Waals surface area contributed by atoms with E-state index in [2.05, 4.69) is 38.1 Å². The van der Waals surface area contributed by atoms with Crippen molar-refractivity contribution < 1.29 is 4.74 Å². The number of aryl methyl sites for hydroxylation is 2. The van der Waals surface area contributed by atoms with E-state index in [4.69, 9.17) is 10.5 Å². The fourth-order valence-corrected chi connectivity index (χ4v) is 2.52. The van der Waals surface area contributed by atoms with Crippen molar-refractivity contribution in [2.75, 3.05) is 0 Å². The Balaban J connectivity index is 2.24. The van der Waals surface area contributed by atoms with E-state index in [9.17, 15) is 0 Å². The van der Waals surface area contributed by atoms with Crippen LogP contribution in [0.2, 0.25) is 0 Å². The maximum Gasteiger partial charge on any atom is 0.124 e. The molecule has 0 aromatic heterocycles. The number of hydrogen-bond donors (Lipinski definition) is 1. The maximum absolute atomic E-state index is 6.44. The molecule has 0 aliphatic carbocycles. The van der Waals surface area contributed by atoms with Gasteiger partial charge in [-0.05, 0) is 51.3 Å². The molecule has 2 nitrogen and oxygen atoms in total. The van der Waals surface area contributed by atoms with E-state index in [0.29, 0.717) is 0 Å². The second-order valence-electron chi connectivity index (χ2n) is 5.94. The van der Waals surface area contributed by atoms with Crippen LogP contribution in [-0.4, -0.2) is 6.10 Å². The zero-order valence-electron chi connectivity index (χ0n) is 13.4. The fraction of sp³-hybridized carbons (Fsp3) is 0.368. The molecular formula is C19H25NO. The summed E-state index contributed by atoms with van der Waals surface area (Å²) in [5, 5.41) is 0. The van der Waals surface area contributed by atoms with E-state index in [1.54, 1.807) is 0 Å². The van der Waals surface area contributed by atoms with Crippen molar-refractivity contribution in [1.82, 2.24) is 0 Å². The lowest BCUT2D eigenvalue weighted by molar-refractivity contribution is 0.238. The first-order valence-electron chi connectivity index (χ1n) is 7.54. The molecule has 0 aliphatic rings. The topological polar surface area (TPSA) is 35.2 Å². The second-order valence-corrected chi connectivity index (χ2v) is 5.94. The van der Waals surface area contributed by atoms with E-state index >= 15 is 0 Å². The van der Waals surface area contributed by atoms with Gasteiger partial charge in [-0.25, -0.2) is 0 Å². The molecule has 0 saturated carbocycles. The van der Waals surface area contributed by atoms with Gasteiger partial charge in [0.2, 0.25) is 0 Å². The van der Waals surface area contributed by atoms with Crippen LogP contribution in [0.4, 0.5) is 0 Å². The third-order valence-corrected chi connectivity index (χ3v) is 3.63. The molecule has 2 rings (SSSR count). The van der Waals surface area contributed by atoms with Crippen molar-refractivity contribution in [3.8, 4) is 5.75 Å². The predicted octanol–water partition coefficient (Wildman–Crippen LogP) is 4.33. The highest BCUT2D eigenvalue weighted by Crippen LogP contribution is 2.27. The van der Waals surface area contributed by atoms with Gasteiger partial charge < -0.3 is 10.5 Å². The van der Waals surface area contributed by atoms with E-state index < -0.39 is 0 Å². The van der Waals surface area contributed by atoms with E-state index in [1.807, 2.05) is 32.0 Å². The fourth-order valence-electron chi connectivity index (χ4n) is 2.52. The Bertz CT molecular complexity index is 604. The van der Waals surface area contributed by atoms with E-state index in [1.165, 1.54) is 16.7 Å². The minimum Gasteiger partial charge on any atom is -0.491 e. The summed E-state index contributed by atoms with van der Waals surface area (Å²) >= 11 is 0. The van der Waals surface area contributed by atoms with Crippen LogP contribution in [-0.2, 0) is 6.42 Å². The summed E-state index contributed by atoms with van der Waals surface area (Å²) in [7, 11) is 0. The van der Waals surface area contributed by atoms with Crippen molar-refractivity contribution in [2.45, 2.75) is 46.3 Å². The number of nitrogens with two attached hydrogens (primary N) is 1. The Morgan fingerprint density at radius 1 is 1.05 bits per heavy atom. The Labute approximate surface area is 127 Å². The molecule has 1 atom stereocenters. The molecule has 0 bridgehead atoms. The van der Waals surface area contributed by atoms with Gasteiger partial charge in [0.1, 0.15) is 5.75 Å². The molecule has 112 valence electrons. The number of hydrogen-bond acceptors (Lipinski definition) is 2. The van der Waals surface area contributed by atoms with Gasteiger partial charge in [0.05, 0.1) is 6.10 Å². The van der Waals surface area contributed by atoms with Crippen molar-refractivity contribution in [1.29, 1.82) is 0 Å². The van der Waals surface area contributed by atoms with E-state index in [-0.39, 0.29) is 12.1 Å². The number of benzene rings is 2. The number of rotatable bonds is 5. The number of para-hydroxylation sites is 1. The van der Waals surface area contributed by atoms with Crippen LogP contribution in [0.1, 0.15) is 42.1 Å². The molecule has 1 unspecified atom stereocenters. The average Bonchev–Trinajstić information content (AvgIpc) is 2.42. The summed E-state index contributed by atoms with van der Waals surface area (Å²) in [6, 6.07) is 14.5. The lowest BCUT2D eigenvalue weighted by atomic mass is 9.95. The highest BCUT2D eigenvalue weighted by Gasteiger charge is 2.14. The largest absolute Gasteiger partial charge is 0.491 e. The van der Waals surface area contributed by atoms with Crippen molar-refractivity contribution in [3.63, 3.8) is 0 Å². The van der Waals surface area contributed by atoms with Gasteiger partial charge in [-0.3, -0.25) is 0 Å². The number of ether oxygens (including phenoxy) is 1. The summed E-state index contributed by atoms with van der Waals surface area (Å²) in [6.45, 7) is 8.32. The summed E-state index contributed by atoms with van der Waals surface area (Å²) < 4.78 is 5.88. The normalized spacial score (nSPS) is 12.5. The summed E-state index contributed by atoms with van der Waals surface area (Å²) in [6.07, 6.45) is 0.977. The molecule has 21 heavy (non-hydrogen) atoms. The van der Waals surface area contributed by atoms with Crippen molar-refractivity contribution in [3.05, 3.63) is 64.7 Å². The van der Waals surface area contributed by atoms with Gasteiger partial charge in [-0.15, -0.1) is 0 Å². The quantitative estimate of drug-likeness (QED) is 0.886. The molecule has 0 fully saturated rings. The van der Waals surface area contributed by atoms with Gasteiger partial charge >= 0.3 is 0 Å². The second kappa shape index (κ2) is 6.77. The molecular weight excluding hydrogens is 258 g/mol. The van der Waals surface area contributed by atoms with Crippen LogP contribution in [0.15, 0.2) is 42.5 Å². The van der Waals surface area contributed by atoms with Crippen LogP contribution >= 0.6 is 0 Å². The van der Waals surface area contributed by atoms with E-state index in [0.717, 1.165) is 17.7 Å². The summed E-state index contributed by atoms with van der Waals surface area (Å²) in [5.41, 5.74) is 11.4. The smallest absolute Gasteiger partial charge is 0.124 e. The molecule has 2 aromatic rings. The maximum atomic E-state index is 6.44. The first-order chi connectivity index (χ1) is 9.97. The monoisotopic (exact) mass is 283 g/mol. The van der Waals surface area contributed by atoms with Crippen LogP contribution in [0.5, 0.6) is 5.75 Å². The van der Waals surface area contributed by atoms with Gasteiger partial charge in [0.25, 0.3) is 0 Å². The first-order valence-corrected chi connectivity index (χ1v) is 7.54. The van der Waals surface area contributed by atoms with Gasteiger partial charge in [-0.1, -0.05) is 42.0 Å². The Kier molecular flexibility index (Phi) is 5.03. The first kappa shape index (κ1) is 15.6. The Morgan fingerprint density at radius 3 is 2.48 bits per heavy atom. The minimum absolute atomic E-state index is 0.0551. The molecule has 0 saturated heterocycles. The highest BCUT2D eigenvalue weighted by atomic mass is 16.5. The Hall–Kier alpha value is -1.80. The standard InChI is InChI=1S/C19H25NO/c1-13(2)21-19-8-6-5-7-17(19)18(20)12-16-11-14(3)9-10-15(16)4/h5-11,13,18H,12,20H2,1-4H3. The molecule has 2 aromatic carbocycles. The predicted molar refractivity (Wildman–Crippen MR) is 88.8 cm³/mol. The zero-order valence-corrected chi connectivity index (χ0v) is 13.4. The summed E-state index contributed by atoms with van der Waals surface area (Å²) in [5.74, 6) is 0.894. The van der Waals surface area contributed by atoms with Gasteiger partial charge in [0, 0.05) is 11.6 Å². The molecule has 0 spiro atoms. The van der Waals surface area contributed by atoms with Crippen LogP contribution in [0.3, 0.4) is 0 Å². The third-order valence-electron chi connectivity index (χ3n) is 3.63. The van der Waals surface area contributed by atoms with Gasteiger partial charge in [0.15, 0.2) is 0 Å². The van der Waals surface area contributed by atoms with Crippen LogP contribution in [0, 0.1) is 13.8 Å². The van der Waals surface area contributed by atoms with Crippen LogP contribution in [0.25, 0.3) is 0 Å². The SMILES string of the molecule is Cc1ccc(C)c(CC(N)c2ccccc2OC(C)C)c1. The molecule has 0 aliphatic heterocycles. The van der Waals surface area contributed by atoms with Gasteiger partial charge in [-0.2, -0.15) is 0 Å². The molecule has 0 amide bonds. The minimum atomic E-state index is -0.0551. The lowest BCUT2D eigenvalue weighted by Gasteiger charge is -2.19. The molecule has 0 radical (unpaired) electrons. The molecule has 2 N–H and O–H groups in total. The molecule has 2 heteroatoms. The lowest BCUT2D eigenvalue weighted by Crippen LogP contribution is -2.17.